The molecule has 6 heterocycles. The number of hydrogen-bond donors (Lipinski definition) is 4. The number of hydrogen-bond acceptors (Lipinski definition) is 14. The summed E-state index contributed by atoms with van der Waals surface area (Å²) >= 11 is 18.2. The highest BCUT2D eigenvalue weighted by molar-refractivity contribution is 6.35. The van der Waals surface area contributed by atoms with E-state index in [-0.39, 0.29) is 30.1 Å². The van der Waals surface area contributed by atoms with E-state index in [1.54, 1.807) is 48.1 Å². The minimum absolute atomic E-state index is 0.131. The van der Waals surface area contributed by atoms with Crippen molar-refractivity contribution in [1.29, 1.82) is 10.7 Å². The zero-order chi connectivity index (χ0) is 55.0. The molecule has 3 saturated heterocycles. The molecule has 408 valence electrons. The molecule has 3 fully saturated rings. The van der Waals surface area contributed by atoms with Crippen molar-refractivity contribution in [2.45, 2.75) is 128 Å². The topological polar surface area (TPSA) is 196 Å². The van der Waals surface area contributed by atoms with Crippen LogP contribution in [0.2, 0.25) is 15.1 Å². The number of aromatic nitrogens is 6. The van der Waals surface area contributed by atoms with E-state index in [1.807, 2.05) is 6.92 Å². The number of piperidine rings is 1. The number of fused-ring (bicyclic) bond motifs is 1. The lowest BCUT2D eigenvalue weighted by molar-refractivity contribution is -0.108. The number of carbonyl (C=O) groups is 1. The highest BCUT2D eigenvalue weighted by Crippen LogP contribution is 2.38. The fourth-order valence-corrected chi connectivity index (χ4v) is 12.1. The number of likely N-dealkylation sites (tertiary alicyclic amines) is 2. The molecule has 0 amide bonds. The molecule has 0 spiro atoms. The number of benzene rings is 2. The van der Waals surface area contributed by atoms with Crippen LogP contribution in [-0.2, 0) is 4.79 Å². The third-order valence-corrected chi connectivity index (χ3v) is 16.0. The molecule has 76 heavy (non-hydrogen) atoms. The van der Waals surface area contributed by atoms with Crippen LogP contribution >= 0.6 is 34.8 Å². The van der Waals surface area contributed by atoms with E-state index in [9.17, 15) is 32.7 Å². The second-order valence-electron chi connectivity index (χ2n) is 20.0. The first-order valence-electron chi connectivity index (χ1n) is 25.7. The van der Waals surface area contributed by atoms with Gasteiger partial charge in [0.05, 0.1) is 36.8 Å². The molecule has 2 aromatic carbocycles. The molecule has 1 aliphatic carbocycles. The summed E-state index contributed by atoms with van der Waals surface area (Å²) in [6, 6.07) is 11.9. The van der Waals surface area contributed by atoms with Gasteiger partial charge in [0.15, 0.2) is 22.9 Å². The number of rotatable bonds is 14. The second kappa shape index (κ2) is 25.9. The van der Waals surface area contributed by atoms with E-state index >= 15 is 0 Å². The summed E-state index contributed by atoms with van der Waals surface area (Å²) in [5, 5.41) is 42.6. The van der Waals surface area contributed by atoms with E-state index in [0.29, 0.717) is 79.9 Å². The quantitative estimate of drug-likeness (QED) is 0.0466. The van der Waals surface area contributed by atoms with Gasteiger partial charge in [-0.2, -0.15) is 23.5 Å². The summed E-state index contributed by atoms with van der Waals surface area (Å²) in [7, 11) is 1.00. The van der Waals surface area contributed by atoms with Crippen LogP contribution in [0.25, 0.3) is 16.7 Å². The maximum absolute atomic E-state index is 14.7. The molecule has 4 aliphatic rings. The molecule has 5 aromatic rings. The van der Waals surface area contributed by atoms with Crippen molar-refractivity contribution in [3.63, 3.8) is 0 Å². The Morgan fingerprint density at radius 2 is 1.62 bits per heavy atom. The Morgan fingerprint density at radius 3 is 2.25 bits per heavy atom. The summed E-state index contributed by atoms with van der Waals surface area (Å²) in [5.41, 5.74) is 1.30. The van der Waals surface area contributed by atoms with E-state index in [2.05, 4.69) is 66.1 Å². The SMILES string of the molecule is CC(Nc1nc(C2=CCC(N3CCCC3CO)C(C)C2)cnc1C(=N)C(F)(F)F)c1ccc(Cl)cc1Cl.CC1CN(c2cnc3c(C#N)nn(C(C)c4ccc(Cl)cc4F)c3n2)CCC1N1CCCC1CCC=O.CO. The molecule has 0 saturated carbocycles. The smallest absolute Gasteiger partial charge is 0.400 e. The van der Waals surface area contributed by atoms with Gasteiger partial charge in [0.2, 0.25) is 0 Å². The number of halogens is 7. The second-order valence-corrected chi connectivity index (χ2v) is 21.3. The highest BCUT2D eigenvalue weighted by Gasteiger charge is 2.40. The molecule has 0 bridgehead atoms. The summed E-state index contributed by atoms with van der Waals surface area (Å²) in [5.74, 6) is 0.852. The van der Waals surface area contributed by atoms with Gasteiger partial charge in [0.25, 0.3) is 0 Å². The van der Waals surface area contributed by atoms with Crippen LogP contribution in [-0.4, -0.2) is 132 Å². The molecule has 3 aliphatic heterocycles. The van der Waals surface area contributed by atoms with Crippen molar-refractivity contribution < 1.29 is 32.6 Å². The third-order valence-electron chi connectivity index (χ3n) is 15.2. The van der Waals surface area contributed by atoms with Crippen LogP contribution in [0.1, 0.15) is 126 Å². The molecule has 4 N–H and O–H groups in total. The van der Waals surface area contributed by atoms with Crippen molar-refractivity contribution in [2.75, 3.05) is 50.1 Å². The van der Waals surface area contributed by atoms with Gasteiger partial charge in [-0.15, -0.1) is 0 Å². The minimum Gasteiger partial charge on any atom is -0.400 e. The molecule has 3 aromatic heterocycles. The number of aldehydes is 1. The Labute approximate surface area is 455 Å². The average Bonchev–Trinajstić information content (AvgIpc) is 4.18. The summed E-state index contributed by atoms with van der Waals surface area (Å²) in [4.78, 5) is 36.2. The van der Waals surface area contributed by atoms with E-state index in [1.165, 1.54) is 25.1 Å². The number of aliphatic hydroxyl groups excluding tert-OH is 2. The molecule has 9 rings (SSSR count). The van der Waals surface area contributed by atoms with Crippen LogP contribution in [0.5, 0.6) is 0 Å². The Bertz CT molecular complexity index is 2920. The van der Waals surface area contributed by atoms with Crippen molar-refractivity contribution in [2.24, 2.45) is 11.8 Å². The number of carbonyl (C=O) groups excluding carboxylic acids is 1. The average molecular weight is 1110 g/mol. The van der Waals surface area contributed by atoms with Gasteiger partial charge >= 0.3 is 6.18 Å². The maximum Gasteiger partial charge on any atom is 0.434 e. The lowest BCUT2D eigenvalue weighted by Gasteiger charge is -2.43. The predicted molar refractivity (Wildman–Crippen MR) is 289 cm³/mol. The van der Waals surface area contributed by atoms with E-state index in [4.69, 9.17) is 50.3 Å². The fraction of sp³-hybridized carbons (Fsp3) is 0.519. The Balaban J connectivity index is 0.000000214. The van der Waals surface area contributed by atoms with Crippen molar-refractivity contribution in [1.82, 2.24) is 39.5 Å². The molecule has 15 nitrogen and oxygen atoms in total. The number of nitriles is 1. The molecule has 8 unspecified atom stereocenters. The van der Waals surface area contributed by atoms with Gasteiger partial charge in [-0.25, -0.2) is 29.0 Å². The number of nitrogens with one attached hydrogen (secondary N) is 2. The Morgan fingerprint density at radius 1 is 0.934 bits per heavy atom. The third kappa shape index (κ3) is 13.1. The van der Waals surface area contributed by atoms with Crippen molar-refractivity contribution in [3.8, 4) is 6.07 Å². The monoisotopic (exact) mass is 1110 g/mol. The van der Waals surface area contributed by atoms with E-state index < -0.39 is 35.5 Å². The summed E-state index contributed by atoms with van der Waals surface area (Å²) in [6.45, 7) is 11.9. The number of allylic oxidation sites excluding steroid dienone is 1. The first-order valence-corrected chi connectivity index (χ1v) is 26.8. The minimum atomic E-state index is -4.88. The van der Waals surface area contributed by atoms with Gasteiger partial charge in [-0.3, -0.25) is 15.2 Å². The summed E-state index contributed by atoms with van der Waals surface area (Å²) in [6.07, 6.45) is 9.66. The molecular weight excluding hydrogens is 1050 g/mol. The first-order chi connectivity index (χ1) is 36.4. The van der Waals surface area contributed by atoms with Gasteiger partial charge in [0.1, 0.15) is 35.2 Å². The van der Waals surface area contributed by atoms with E-state index in [0.717, 1.165) is 83.1 Å². The zero-order valence-electron chi connectivity index (χ0n) is 43.2. The van der Waals surface area contributed by atoms with Crippen LogP contribution in [0, 0.1) is 34.4 Å². The standard InChI is InChI=1S/C27H31ClFN7O.C26H30Cl2F3N5O.CH4O/c1-17-16-34(11-9-24(17)35-10-3-5-20(35)6-4-12-37)25-15-31-26-23(14-30)33-36(27(26)32-25)18(2)21-8-7-19(28)13-22(21)29;1-14-10-16(5-8-22(14)36-9-3-4-18(36)13-37)21-12-33-23(24(32)26(29,30)31)25(35-21)34-15(2)19-7-6-17(27)11-20(19)28;1-2/h7-8,12-13,15,17-18,20,24H,3-6,9-11,16H2,1-2H3;5-7,11-12,14-15,18,22,32,37H,3-4,8-10,13H2,1-2H3,(H,34,35);2H,1H3. The number of aliphatic hydroxyl groups is 2. The molecule has 8 atom stereocenters. The van der Waals surface area contributed by atoms with Crippen molar-refractivity contribution >= 4 is 75.2 Å². The molecule has 0 radical (unpaired) electrons. The normalized spacial score (nSPS) is 22.9. The number of anilines is 2. The molecular formula is C54H65Cl3F4N12O3. The number of nitrogens with zero attached hydrogens (tertiary/aromatic N) is 10. The maximum atomic E-state index is 14.7. The van der Waals surface area contributed by atoms with Gasteiger partial charge < -0.3 is 25.2 Å². The van der Waals surface area contributed by atoms with Crippen molar-refractivity contribution in [3.05, 3.63) is 104 Å². The first kappa shape index (κ1) is 58.4. The Kier molecular flexibility index (Phi) is 19.9. The van der Waals surface area contributed by atoms with Crippen LogP contribution < -0.4 is 10.2 Å². The predicted octanol–water partition coefficient (Wildman–Crippen LogP) is 10.9. The van der Waals surface area contributed by atoms with Gasteiger partial charge in [-0.1, -0.05) is 66.9 Å². The summed E-state index contributed by atoms with van der Waals surface area (Å²) < 4.78 is 56.6. The lowest BCUT2D eigenvalue weighted by Crippen LogP contribution is -2.51. The molecule has 22 heteroatoms. The fourth-order valence-electron chi connectivity index (χ4n) is 11.4. The van der Waals surface area contributed by atoms with Gasteiger partial charge in [0, 0.05) is 71.4 Å². The van der Waals surface area contributed by atoms with Crippen LogP contribution in [0.3, 0.4) is 0 Å². The Hall–Kier alpha value is -5.33. The van der Waals surface area contributed by atoms with Crippen LogP contribution in [0.15, 0.2) is 54.9 Å². The highest BCUT2D eigenvalue weighted by atomic mass is 35.5. The largest absolute Gasteiger partial charge is 0.434 e. The van der Waals surface area contributed by atoms with Gasteiger partial charge in [-0.05, 0) is 126 Å². The van der Waals surface area contributed by atoms with Crippen LogP contribution in [0.4, 0.5) is 29.2 Å². The zero-order valence-corrected chi connectivity index (χ0v) is 45.5. The lowest BCUT2D eigenvalue weighted by atomic mass is 9.83. The number of alkyl halides is 3.